The van der Waals surface area contributed by atoms with E-state index in [1.165, 1.54) is 0 Å². The van der Waals surface area contributed by atoms with Gasteiger partial charge in [0.05, 0.1) is 10.7 Å². The van der Waals surface area contributed by atoms with Crippen LogP contribution in [0.5, 0.6) is 5.75 Å². The van der Waals surface area contributed by atoms with E-state index in [-0.39, 0.29) is 11.4 Å². The molecule has 0 atom stereocenters. The Morgan fingerprint density at radius 2 is 1.92 bits per heavy atom. The Morgan fingerprint density at radius 3 is 2.48 bits per heavy atom. The molecular formula is C17H22N4O2S2. The van der Waals surface area contributed by atoms with Crippen LogP contribution in [-0.4, -0.2) is 21.5 Å². The van der Waals surface area contributed by atoms with Crippen LogP contribution >= 0.6 is 23.6 Å². The lowest BCUT2D eigenvalue weighted by atomic mass is 10.1. The van der Waals surface area contributed by atoms with E-state index in [1.54, 1.807) is 35.6 Å². The first-order chi connectivity index (χ1) is 11.7. The van der Waals surface area contributed by atoms with Crippen LogP contribution in [0.2, 0.25) is 0 Å². The summed E-state index contributed by atoms with van der Waals surface area (Å²) in [6.45, 7) is 8.31. The van der Waals surface area contributed by atoms with Crippen molar-refractivity contribution in [2.75, 3.05) is 0 Å². The molecule has 6 nitrogen and oxygen atoms in total. The molecule has 2 rings (SSSR count). The fourth-order valence-electron chi connectivity index (χ4n) is 1.89. The lowest BCUT2D eigenvalue weighted by Crippen LogP contribution is -2.52. The Balaban J connectivity index is 1.82. The summed E-state index contributed by atoms with van der Waals surface area (Å²) in [5.74, 6) is 0.403. The van der Waals surface area contributed by atoms with Crippen LogP contribution < -0.4 is 20.9 Å². The number of carbonyl (C=O) groups excluding carboxylic acids is 1. The molecule has 0 aliphatic rings. The van der Waals surface area contributed by atoms with Gasteiger partial charge in [-0.1, -0.05) is 0 Å². The third-order valence-electron chi connectivity index (χ3n) is 2.95. The van der Waals surface area contributed by atoms with Gasteiger partial charge < -0.3 is 10.1 Å². The third kappa shape index (κ3) is 6.67. The summed E-state index contributed by atoms with van der Waals surface area (Å²) >= 11 is 6.70. The molecule has 0 bridgehead atoms. The van der Waals surface area contributed by atoms with E-state index < -0.39 is 0 Å². The Hall–Kier alpha value is -2.19. The summed E-state index contributed by atoms with van der Waals surface area (Å²) in [6, 6.07) is 6.89. The average molecular weight is 379 g/mol. The smallest absolute Gasteiger partial charge is 0.269 e. The molecule has 1 amide bonds. The molecule has 1 heterocycles. The van der Waals surface area contributed by atoms with Gasteiger partial charge in [-0.3, -0.25) is 15.6 Å². The maximum Gasteiger partial charge on any atom is 0.269 e. The Morgan fingerprint density at radius 1 is 1.24 bits per heavy atom. The molecule has 8 heteroatoms. The van der Waals surface area contributed by atoms with Gasteiger partial charge in [-0.2, -0.15) is 0 Å². The number of hydrogen-bond donors (Lipinski definition) is 3. The van der Waals surface area contributed by atoms with Crippen LogP contribution in [0.1, 0.15) is 41.8 Å². The van der Waals surface area contributed by atoms with Gasteiger partial charge in [-0.05, 0) is 64.2 Å². The van der Waals surface area contributed by atoms with Gasteiger partial charge in [0, 0.05) is 16.5 Å². The lowest BCUT2D eigenvalue weighted by Gasteiger charge is -2.23. The van der Waals surface area contributed by atoms with Gasteiger partial charge in [0.2, 0.25) is 0 Å². The highest BCUT2D eigenvalue weighted by Crippen LogP contribution is 2.15. The van der Waals surface area contributed by atoms with E-state index >= 15 is 0 Å². The summed E-state index contributed by atoms with van der Waals surface area (Å²) in [5.41, 5.74) is 6.47. The molecule has 25 heavy (non-hydrogen) atoms. The molecule has 1 aromatic heterocycles. The third-order valence-corrected chi connectivity index (χ3v) is 3.97. The number of thiazole rings is 1. The normalized spacial score (nSPS) is 10.9. The second-order valence-corrected chi connectivity index (χ2v) is 7.92. The number of hydrogen-bond acceptors (Lipinski definition) is 5. The largest absolute Gasteiger partial charge is 0.487 e. The van der Waals surface area contributed by atoms with Crippen molar-refractivity contribution < 1.29 is 9.53 Å². The predicted molar refractivity (Wildman–Crippen MR) is 104 cm³/mol. The number of ether oxygens (including phenoxy) is 1. The van der Waals surface area contributed by atoms with Crippen LogP contribution in [0.25, 0.3) is 0 Å². The van der Waals surface area contributed by atoms with E-state index in [2.05, 4.69) is 21.2 Å². The monoisotopic (exact) mass is 378 g/mol. The second-order valence-electron chi connectivity index (χ2n) is 6.45. The number of nitrogens with zero attached hydrogens (tertiary/aromatic N) is 1. The molecule has 3 N–H and O–H groups in total. The fraction of sp³-hybridized carbons (Fsp3) is 0.353. The number of carbonyl (C=O) groups is 1. The van der Waals surface area contributed by atoms with Crippen LogP contribution in [0.4, 0.5) is 0 Å². The number of aromatic nitrogens is 1. The fourth-order valence-corrected chi connectivity index (χ4v) is 2.85. The van der Waals surface area contributed by atoms with E-state index in [0.717, 1.165) is 10.7 Å². The molecule has 0 fully saturated rings. The van der Waals surface area contributed by atoms with E-state index in [4.69, 9.17) is 17.0 Å². The number of rotatable bonds is 4. The molecule has 0 unspecified atom stereocenters. The first kappa shape index (κ1) is 19.1. The molecule has 1 aromatic carbocycles. The highest BCUT2D eigenvalue weighted by Gasteiger charge is 2.12. The second kappa shape index (κ2) is 8.26. The van der Waals surface area contributed by atoms with Crippen molar-refractivity contribution in [3.05, 3.63) is 45.9 Å². The van der Waals surface area contributed by atoms with Gasteiger partial charge in [0.25, 0.3) is 5.91 Å². The van der Waals surface area contributed by atoms with Crippen LogP contribution in [0.3, 0.4) is 0 Å². The summed E-state index contributed by atoms with van der Waals surface area (Å²) in [5, 5.41) is 6.39. The van der Waals surface area contributed by atoms with E-state index in [9.17, 15) is 4.79 Å². The van der Waals surface area contributed by atoms with Crippen LogP contribution in [-0.2, 0) is 6.61 Å². The summed E-state index contributed by atoms with van der Waals surface area (Å²) < 4.78 is 5.66. The first-order valence-electron chi connectivity index (χ1n) is 7.75. The predicted octanol–water partition coefficient (Wildman–Crippen LogP) is 2.94. The van der Waals surface area contributed by atoms with Crippen molar-refractivity contribution >= 4 is 34.6 Å². The van der Waals surface area contributed by atoms with E-state index in [0.29, 0.717) is 23.0 Å². The Labute approximate surface area is 157 Å². The van der Waals surface area contributed by atoms with Crippen molar-refractivity contribution in [1.82, 2.24) is 21.2 Å². The maximum absolute atomic E-state index is 12.1. The molecule has 0 spiro atoms. The average Bonchev–Trinajstić information content (AvgIpc) is 2.95. The molecule has 0 saturated carbocycles. The molecule has 0 saturated heterocycles. The highest BCUT2D eigenvalue weighted by molar-refractivity contribution is 7.80. The molecule has 0 radical (unpaired) electrons. The standard InChI is InChI=1S/C17H22N4O2S2/c1-11-18-13(10-25-11)9-23-14-7-5-12(6-8-14)15(22)20-21-16(24)19-17(2,3)4/h5-8,10H,9H2,1-4H3,(H,20,22)(H2,19,21,24). The Bertz CT molecular complexity index is 736. The molecule has 0 aliphatic carbocycles. The minimum atomic E-state index is -0.278. The number of nitrogens with one attached hydrogen (secondary N) is 3. The SMILES string of the molecule is Cc1nc(COc2ccc(C(=O)NNC(=S)NC(C)(C)C)cc2)cs1. The number of thiocarbonyl (C=S) groups is 1. The molecular weight excluding hydrogens is 356 g/mol. The van der Waals surface area contributed by atoms with Crippen molar-refractivity contribution in [2.24, 2.45) is 0 Å². The van der Waals surface area contributed by atoms with Crippen LogP contribution in [0, 0.1) is 6.92 Å². The zero-order valence-electron chi connectivity index (χ0n) is 14.7. The minimum Gasteiger partial charge on any atom is -0.487 e. The first-order valence-corrected chi connectivity index (χ1v) is 9.04. The van der Waals surface area contributed by atoms with Gasteiger partial charge in [0.1, 0.15) is 12.4 Å². The highest BCUT2D eigenvalue weighted by atomic mass is 32.1. The zero-order chi connectivity index (χ0) is 18.4. The van der Waals surface area contributed by atoms with Gasteiger partial charge >= 0.3 is 0 Å². The maximum atomic E-state index is 12.1. The van der Waals surface area contributed by atoms with Gasteiger partial charge in [-0.25, -0.2) is 4.98 Å². The van der Waals surface area contributed by atoms with Crippen molar-refractivity contribution in [1.29, 1.82) is 0 Å². The topological polar surface area (TPSA) is 75.3 Å². The molecule has 2 aromatic rings. The zero-order valence-corrected chi connectivity index (χ0v) is 16.3. The van der Waals surface area contributed by atoms with Crippen molar-refractivity contribution in [3.8, 4) is 5.75 Å². The summed E-state index contributed by atoms with van der Waals surface area (Å²) in [4.78, 5) is 16.4. The molecule has 134 valence electrons. The lowest BCUT2D eigenvalue weighted by molar-refractivity contribution is 0.0943. The summed E-state index contributed by atoms with van der Waals surface area (Å²) in [6.07, 6.45) is 0. The van der Waals surface area contributed by atoms with Gasteiger partial charge in [0.15, 0.2) is 5.11 Å². The van der Waals surface area contributed by atoms with Crippen molar-refractivity contribution in [2.45, 2.75) is 39.8 Å². The van der Waals surface area contributed by atoms with Gasteiger partial charge in [-0.15, -0.1) is 11.3 Å². The quantitative estimate of drug-likeness (QED) is 0.561. The van der Waals surface area contributed by atoms with Crippen molar-refractivity contribution in [3.63, 3.8) is 0 Å². The number of hydrazine groups is 1. The Kier molecular flexibility index (Phi) is 6.33. The number of benzene rings is 1. The minimum absolute atomic E-state index is 0.177. The van der Waals surface area contributed by atoms with E-state index in [1.807, 2.05) is 33.1 Å². The number of amides is 1. The summed E-state index contributed by atoms with van der Waals surface area (Å²) in [7, 11) is 0. The molecule has 0 aliphatic heterocycles. The number of aryl methyl sites for hydroxylation is 1. The van der Waals surface area contributed by atoms with Crippen LogP contribution in [0.15, 0.2) is 29.6 Å².